The van der Waals surface area contributed by atoms with Crippen LogP contribution in [0.2, 0.25) is 0 Å². The van der Waals surface area contributed by atoms with Gasteiger partial charge in [-0.3, -0.25) is 0 Å². The fourth-order valence-electron chi connectivity index (χ4n) is 1.04. The molecule has 88 valence electrons. The maximum absolute atomic E-state index is 12.9. The van der Waals surface area contributed by atoms with Gasteiger partial charge in [0.25, 0.3) is 0 Å². The van der Waals surface area contributed by atoms with Gasteiger partial charge in [-0.1, -0.05) is 22.0 Å². The molecule has 1 atom stereocenters. The average molecular weight is 299 g/mol. The highest BCUT2D eigenvalue weighted by Gasteiger charge is 2.48. The van der Waals surface area contributed by atoms with Crippen molar-refractivity contribution in [1.29, 1.82) is 0 Å². The second kappa shape index (κ2) is 4.42. The summed E-state index contributed by atoms with van der Waals surface area (Å²) in [6.07, 6.45) is -2.54. The van der Waals surface area contributed by atoms with Crippen molar-refractivity contribution in [1.82, 2.24) is 0 Å². The monoisotopic (exact) mass is 298 g/mol. The molecule has 3 nitrogen and oxygen atoms in total. The Bertz CT molecular complexity index is 422. The van der Waals surface area contributed by atoms with Gasteiger partial charge in [-0.2, -0.15) is 8.78 Å². The van der Waals surface area contributed by atoms with Crippen LogP contribution in [-0.2, 0) is 4.79 Å². The van der Waals surface area contributed by atoms with Crippen molar-refractivity contribution in [3.63, 3.8) is 0 Å². The lowest BCUT2D eigenvalue weighted by Gasteiger charge is -2.19. The van der Waals surface area contributed by atoms with Crippen LogP contribution in [0.25, 0.3) is 0 Å². The first kappa shape index (κ1) is 13.0. The molecule has 1 aromatic carbocycles. The van der Waals surface area contributed by atoms with Crippen molar-refractivity contribution in [2.24, 2.45) is 0 Å². The molecule has 0 aliphatic rings. The molecule has 2 N–H and O–H groups in total. The summed E-state index contributed by atoms with van der Waals surface area (Å²) in [5.74, 6) is -7.47. The van der Waals surface area contributed by atoms with Crippen molar-refractivity contribution in [2.75, 3.05) is 0 Å². The van der Waals surface area contributed by atoms with Crippen LogP contribution < -0.4 is 0 Å². The van der Waals surface area contributed by atoms with E-state index in [-0.39, 0.29) is 4.47 Å². The van der Waals surface area contributed by atoms with E-state index in [9.17, 15) is 23.1 Å². The summed E-state index contributed by atoms with van der Waals surface area (Å²) in [4.78, 5) is 10.2. The Morgan fingerprint density at radius 3 is 2.44 bits per heavy atom. The minimum absolute atomic E-state index is 0.124. The van der Waals surface area contributed by atoms with Crippen molar-refractivity contribution in [3.8, 4) is 0 Å². The number of hydrogen-bond acceptors (Lipinski definition) is 2. The quantitative estimate of drug-likeness (QED) is 0.900. The van der Waals surface area contributed by atoms with Crippen LogP contribution >= 0.6 is 15.9 Å². The number of benzene rings is 1. The molecular weight excluding hydrogens is 293 g/mol. The minimum atomic E-state index is -4.33. The summed E-state index contributed by atoms with van der Waals surface area (Å²) in [6, 6.07) is 2.60. The van der Waals surface area contributed by atoms with E-state index in [1.54, 1.807) is 0 Å². The molecule has 7 heteroatoms. The SMILES string of the molecule is O=C(O)C(F)(F)C(O)c1ccc(F)cc1Br. The fourth-order valence-corrected chi connectivity index (χ4v) is 1.60. The normalized spacial score (nSPS) is 13.6. The molecule has 0 aliphatic heterocycles. The lowest BCUT2D eigenvalue weighted by atomic mass is 10.0. The Morgan fingerprint density at radius 1 is 1.44 bits per heavy atom. The second-order valence-corrected chi connectivity index (χ2v) is 3.85. The van der Waals surface area contributed by atoms with E-state index < -0.39 is 29.4 Å². The highest BCUT2D eigenvalue weighted by Crippen LogP contribution is 2.35. The van der Waals surface area contributed by atoms with Crippen LogP contribution in [0.15, 0.2) is 22.7 Å². The van der Waals surface area contributed by atoms with Crippen LogP contribution in [0.5, 0.6) is 0 Å². The highest BCUT2D eigenvalue weighted by atomic mass is 79.9. The number of carbonyl (C=O) groups is 1. The zero-order valence-electron chi connectivity index (χ0n) is 7.62. The van der Waals surface area contributed by atoms with Crippen molar-refractivity contribution in [2.45, 2.75) is 12.0 Å². The van der Waals surface area contributed by atoms with Crippen LogP contribution in [0.3, 0.4) is 0 Å². The Morgan fingerprint density at radius 2 is 2.00 bits per heavy atom. The summed E-state index contributed by atoms with van der Waals surface area (Å²) in [5.41, 5.74) is -0.395. The topological polar surface area (TPSA) is 57.5 Å². The molecule has 1 rings (SSSR count). The summed E-state index contributed by atoms with van der Waals surface area (Å²) >= 11 is 2.76. The number of carboxylic acids is 1. The molecule has 0 aromatic heterocycles. The molecule has 0 radical (unpaired) electrons. The largest absolute Gasteiger partial charge is 0.477 e. The summed E-state index contributed by atoms with van der Waals surface area (Å²) in [7, 11) is 0. The van der Waals surface area contributed by atoms with Crippen LogP contribution in [0.4, 0.5) is 13.2 Å². The zero-order chi connectivity index (χ0) is 12.5. The van der Waals surface area contributed by atoms with Gasteiger partial charge >= 0.3 is 11.9 Å². The molecule has 0 bridgehead atoms. The van der Waals surface area contributed by atoms with E-state index in [0.29, 0.717) is 0 Å². The number of alkyl halides is 2. The molecule has 0 fully saturated rings. The maximum Gasteiger partial charge on any atom is 0.377 e. The van der Waals surface area contributed by atoms with Gasteiger partial charge in [-0.05, 0) is 12.1 Å². The number of carboxylic acid groups (broad SMARTS) is 1. The molecule has 1 unspecified atom stereocenters. The lowest BCUT2D eigenvalue weighted by molar-refractivity contribution is -0.183. The van der Waals surface area contributed by atoms with Gasteiger partial charge < -0.3 is 10.2 Å². The van der Waals surface area contributed by atoms with Gasteiger partial charge in [-0.15, -0.1) is 0 Å². The number of aliphatic carboxylic acids is 1. The summed E-state index contributed by atoms with van der Waals surface area (Å²) in [5, 5.41) is 17.4. The molecule has 0 saturated heterocycles. The molecule has 1 aromatic rings. The molecule has 0 spiro atoms. The summed E-state index contributed by atoms with van der Waals surface area (Å²) in [6.45, 7) is 0. The predicted molar refractivity (Wildman–Crippen MR) is 51.6 cm³/mol. The van der Waals surface area contributed by atoms with Gasteiger partial charge in [0.1, 0.15) is 5.82 Å². The van der Waals surface area contributed by atoms with Gasteiger partial charge in [0.05, 0.1) is 0 Å². The van der Waals surface area contributed by atoms with Crippen LogP contribution in [-0.4, -0.2) is 22.1 Å². The van der Waals surface area contributed by atoms with Gasteiger partial charge in [0.2, 0.25) is 0 Å². The first-order valence-corrected chi connectivity index (χ1v) is 4.80. The third-order valence-electron chi connectivity index (χ3n) is 1.89. The summed E-state index contributed by atoms with van der Waals surface area (Å²) < 4.78 is 38.4. The number of aliphatic hydroxyl groups is 1. The second-order valence-electron chi connectivity index (χ2n) is 3.00. The first-order valence-electron chi connectivity index (χ1n) is 4.01. The Hall–Kier alpha value is -1.08. The fraction of sp³-hybridized carbons (Fsp3) is 0.222. The van der Waals surface area contributed by atoms with E-state index in [0.717, 1.165) is 18.2 Å². The van der Waals surface area contributed by atoms with E-state index >= 15 is 0 Å². The molecular formula is C9H6BrF3O3. The lowest BCUT2D eigenvalue weighted by Crippen LogP contribution is -2.35. The van der Waals surface area contributed by atoms with E-state index in [4.69, 9.17) is 5.11 Å². The Balaban J connectivity index is 3.14. The van der Waals surface area contributed by atoms with E-state index in [1.807, 2.05) is 0 Å². The maximum atomic E-state index is 12.9. The van der Waals surface area contributed by atoms with Gasteiger partial charge in [0.15, 0.2) is 6.10 Å². The van der Waals surface area contributed by atoms with Crippen LogP contribution in [0, 0.1) is 5.82 Å². The molecule has 0 heterocycles. The predicted octanol–water partition coefficient (Wildman–Crippen LogP) is 2.34. The number of rotatable bonds is 3. The molecule has 0 amide bonds. The van der Waals surface area contributed by atoms with E-state index in [2.05, 4.69) is 15.9 Å². The Kier molecular flexibility index (Phi) is 3.59. The smallest absolute Gasteiger partial charge is 0.377 e. The molecule has 0 aliphatic carbocycles. The van der Waals surface area contributed by atoms with Crippen LogP contribution in [0.1, 0.15) is 11.7 Å². The van der Waals surface area contributed by atoms with Gasteiger partial charge in [0, 0.05) is 10.0 Å². The highest BCUT2D eigenvalue weighted by molar-refractivity contribution is 9.10. The number of halogens is 4. The first-order chi connectivity index (χ1) is 7.26. The van der Waals surface area contributed by atoms with Crippen molar-refractivity contribution < 1.29 is 28.2 Å². The average Bonchev–Trinajstić information content (AvgIpc) is 2.16. The third-order valence-corrected chi connectivity index (χ3v) is 2.57. The van der Waals surface area contributed by atoms with E-state index in [1.165, 1.54) is 0 Å². The third kappa shape index (κ3) is 2.35. The molecule has 16 heavy (non-hydrogen) atoms. The zero-order valence-corrected chi connectivity index (χ0v) is 9.21. The number of hydrogen-bond donors (Lipinski definition) is 2. The molecule has 0 saturated carbocycles. The standard InChI is InChI=1S/C9H6BrF3O3/c10-6-3-4(11)1-2-5(6)7(14)9(12,13)8(15)16/h1-3,7,14H,(H,15,16). The van der Waals surface area contributed by atoms with Gasteiger partial charge in [-0.25, -0.2) is 9.18 Å². The van der Waals surface area contributed by atoms with Crippen molar-refractivity contribution >= 4 is 21.9 Å². The minimum Gasteiger partial charge on any atom is -0.477 e. The number of aliphatic hydroxyl groups excluding tert-OH is 1. The Labute approximate surface area is 96.6 Å². The van der Waals surface area contributed by atoms with Crippen molar-refractivity contribution in [3.05, 3.63) is 34.1 Å².